The summed E-state index contributed by atoms with van der Waals surface area (Å²) in [6.45, 7) is 3.96. The molecule has 0 radical (unpaired) electrons. The highest BCUT2D eigenvalue weighted by atomic mass is 19.1. The summed E-state index contributed by atoms with van der Waals surface area (Å²) in [5, 5.41) is 0. The van der Waals surface area contributed by atoms with Crippen LogP contribution in [-0.4, -0.2) is 12.9 Å². The molecular weight excluding hydrogens is 219 g/mol. The van der Waals surface area contributed by atoms with Gasteiger partial charge < -0.3 is 4.74 Å². The summed E-state index contributed by atoms with van der Waals surface area (Å²) in [5.74, 6) is -0.100. The fourth-order valence-electron chi connectivity index (χ4n) is 1.93. The first kappa shape index (κ1) is 13.7. The first-order chi connectivity index (χ1) is 8.13. The van der Waals surface area contributed by atoms with E-state index in [1.807, 2.05) is 13.8 Å². The zero-order valence-electron chi connectivity index (χ0n) is 10.6. The maximum absolute atomic E-state index is 13.8. The van der Waals surface area contributed by atoms with Gasteiger partial charge in [0.25, 0.3) is 0 Å². The Balaban J connectivity index is 2.85. The fraction of sp³-hybridized carbons (Fsp3) is 0.500. The van der Waals surface area contributed by atoms with Crippen molar-refractivity contribution in [3.8, 4) is 5.75 Å². The second-order valence-corrected chi connectivity index (χ2v) is 4.09. The van der Waals surface area contributed by atoms with Crippen molar-refractivity contribution in [1.82, 2.24) is 0 Å². The van der Waals surface area contributed by atoms with Crippen molar-refractivity contribution in [2.24, 2.45) is 5.92 Å². The SMILES string of the molecule is CCC(CC)C(=O)Cc1cccc(OC)c1F. The Morgan fingerprint density at radius 1 is 1.35 bits per heavy atom. The molecule has 0 bridgehead atoms. The molecule has 1 aromatic carbocycles. The summed E-state index contributed by atoms with van der Waals surface area (Å²) in [6.07, 6.45) is 1.76. The van der Waals surface area contributed by atoms with Gasteiger partial charge in [0.1, 0.15) is 5.78 Å². The summed E-state index contributed by atoms with van der Waals surface area (Å²) in [4.78, 5) is 11.9. The van der Waals surface area contributed by atoms with Gasteiger partial charge in [0, 0.05) is 12.3 Å². The second-order valence-electron chi connectivity index (χ2n) is 4.09. The number of Topliss-reactive ketones (excluding diaryl/α,β-unsaturated/α-hetero) is 1. The first-order valence-electron chi connectivity index (χ1n) is 5.98. The number of carbonyl (C=O) groups excluding carboxylic acids is 1. The van der Waals surface area contributed by atoms with E-state index in [9.17, 15) is 9.18 Å². The molecule has 0 saturated carbocycles. The zero-order chi connectivity index (χ0) is 12.8. The lowest BCUT2D eigenvalue weighted by Gasteiger charge is -2.12. The van der Waals surface area contributed by atoms with E-state index in [2.05, 4.69) is 0 Å². The van der Waals surface area contributed by atoms with Crippen LogP contribution in [0.15, 0.2) is 18.2 Å². The van der Waals surface area contributed by atoms with Crippen LogP contribution in [0, 0.1) is 11.7 Å². The van der Waals surface area contributed by atoms with Gasteiger partial charge in [-0.05, 0) is 24.5 Å². The van der Waals surface area contributed by atoms with Gasteiger partial charge in [-0.25, -0.2) is 4.39 Å². The lowest BCUT2D eigenvalue weighted by atomic mass is 9.93. The molecule has 0 heterocycles. The number of methoxy groups -OCH3 is 1. The van der Waals surface area contributed by atoms with E-state index in [1.165, 1.54) is 7.11 Å². The quantitative estimate of drug-likeness (QED) is 0.759. The normalized spacial score (nSPS) is 10.6. The maximum Gasteiger partial charge on any atom is 0.168 e. The highest BCUT2D eigenvalue weighted by Crippen LogP contribution is 2.22. The van der Waals surface area contributed by atoms with Gasteiger partial charge in [-0.2, -0.15) is 0 Å². The first-order valence-corrected chi connectivity index (χ1v) is 5.98. The van der Waals surface area contributed by atoms with Crippen LogP contribution in [0.25, 0.3) is 0 Å². The van der Waals surface area contributed by atoms with Crippen molar-refractivity contribution in [2.45, 2.75) is 33.1 Å². The molecule has 0 aliphatic heterocycles. The van der Waals surface area contributed by atoms with E-state index < -0.39 is 5.82 Å². The Kier molecular flexibility index (Phi) is 5.13. The lowest BCUT2D eigenvalue weighted by Crippen LogP contribution is -2.16. The Morgan fingerprint density at radius 3 is 2.53 bits per heavy atom. The number of carbonyl (C=O) groups is 1. The average Bonchev–Trinajstić information content (AvgIpc) is 2.33. The number of halogens is 1. The molecule has 0 amide bonds. The third kappa shape index (κ3) is 3.29. The van der Waals surface area contributed by atoms with Crippen molar-refractivity contribution in [1.29, 1.82) is 0 Å². The molecule has 0 aromatic heterocycles. The fourth-order valence-corrected chi connectivity index (χ4v) is 1.93. The minimum atomic E-state index is -0.422. The summed E-state index contributed by atoms with van der Waals surface area (Å²) in [5.41, 5.74) is 0.418. The summed E-state index contributed by atoms with van der Waals surface area (Å²) >= 11 is 0. The van der Waals surface area contributed by atoms with E-state index in [1.54, 1.807) is 18.2 Å². The molecule has 0 fully saturated rings. The molecule has 0 saturated heterocycles. The maximum atomic E-state index is 13.8. The molecule has 0 atom stereocenters. The smallest absolute Gasteiger partial charge is 0.168 e. The van der Waals surface area contributed by atoms with E-state index in [0.29, 0.717) is 5.56 Å². The van der Waals surface area contributed by atoms with Crippen LogP contribution in [0.1, 0.15) is 32.3 Å². The molecule has 94 valence electrons. The van der Waals surface area contributed by atoms with E-state index in [-0.39, 0.29) is 23.9 Å². The van der Waals surface area contributed by atoms with Gasteiger partial charge in [0.05, 0.1) is 7.11 Å². The van der Waals surface area contributed by atoms with Gasteiger partial charge in [0.15, 0.2) is 11.6 Å². The van der Waals surface area contributed by atoms with Crippen LogP contribution in [-0.2, 0) is 11.2 Å². The molecule has 17 heavy (non-hydrogen) atoms. The van der Waals surface area contributed by atoms with Crippen LogP contribution in [0.4, 0.5) is 4.39 Å². The Bertz CT molecular complexity index is 384. The number of benzene rings is 1. The van der Waals surface area contributed by atoms with Crippen molar-refractivity contribution in [2.75, 3.05) is 7.11 Å². The lowest BCUT2D eigenvalue weighted by molar-refractivity contribution is -0.122. The van der Waals surface area contributed by atoms with E-state index in [0.717, 1.165) is 12.8 Å². The summed E-state index contributed by atoms with van der Waals surface area (Å²) in [7, 11) is 1.42. The predicted molar refractivity (Wildman–Crippen MR) is 65.7 cm³/mol. The molecule has 1 rings (SSSR count). The standard InChI is InChI=1S/C14H19FO2/c1-4-10(5-2)12(16)9-11-7-6-8-13(17-3)14(11)15/h6-8,10H,4-5,9H2,1-3H3. The Morgan fingerprint density at radius 2 is 2.00 bits per heavy atom. The van der Waals surface area contributed by atoms with E-state index in [4.69, 9.17) is 4.74 Å². The van der Waals surface area contributed by atoms with Gasteiger partial charge in [-0.15, -0.1) is 0 Å². The molecule has 1 aromatic rings. The second kappa shape index (κ2) is 6.38. The third-order valence-corrected chi connectivity index (χ3v) is 3.07. The Labute approximate surface area is 102 Å². The predicted octanol–water partition coefficient (Wildman–Crippen LogP) is 3.38. The number of hydrogen-bond acceptors (Lipinski definition) is 2. The third-order valence-electron chi connectivity index (χ3n) is 3.07. The molecule has 0 unspecified atom stereocenters. The molecule has 2 nitrogen and oxygen atoms in total. The Hall–Kier alpha value is -1.38. The van der Waals surface area contributed by atoms with Crippen LogP contribution in [0.3, 0.4) is 0 Å². The van der Waals surface area contributed by atoms with Crippen LogP contribution in [0.2, 0.25) is 0 Å². The zero-order valence-corrected chi connectivity index (χ0v) is 10.6. The van der Waals surface area contributed by atoms with Crippen LogP contribution >= 0.6 is 0 Å². The molecule has 0 aliphatic rings. The van der Waals surface area contributed by atoms with Gasteiger partial charge in [0.2, 0.25) is 0 Å². The van der Waals surface area contributed by atoms with Gasteiger partial charge in [-0.3, -0.25) is 4.79 Å². The van der Waals surface area contributed by atoms with Crippen molar-refractivity contribution in [3.63, 3.8) is 0 Å². The molecule has 0 aliphatic carbocycles. The summed E-state index contributed by atoms with van der Waals surface area (Å²) < 4.78 is 18.7. The van der Waals surface area contributed by atoms with Crippen molar-refractivity contribution >= 4 is 5.78 Å². The van der Waals surface area contributed by atoms with Gasteiger partial charge >= 0.3 is 0 Å². The molecule has 3 heteroatoms. The average molecular weight is 238 g/mol. The van der Waals surface area contributed by atoms with Crippen molar-refractivity contribution < 1.29 is 13.9 Å². The molecule has 0 spiro atoms. The van der Waals surface area contributed by atoms with Crippen molar-refractivity contribution in [3.05, 3.63) is 29.6 Å². The largest absolute Gasteiger partial charge is 0.494 e. The minimum Gasteiger partial charge on any atom is -0.494 e. The summed E-state index contributed by atoms with van der Waals surface area (Å²) in [6, 6.07) is 4.90. The minimum absolute atomic E-state index is 0.0283. The van der Waals surface area contributed by atoms with Crippen LogP contribution in [0.5, 0.6) is 5.75 Å². The number of hydrogen-bond donors (Lipinski definition) is 0. The van der Waals surface area contributed by atoms with Gasteiger partial charge in [-0.1, -0.05) is 26.0 Å². The highest BCUT2D eigenvalue weighted by Gasteiger charge is 2.17. The molecular formula is C14H19FO2. The van der Waals surface area contributed by atoms with Crippen LogP contribution < -0.4 is 4.74 Å². The highest BCUT2D eigenvalue weighted by molar-refractivity contribution is 5.83. The topological polar surface area (TPSA) is 26.3 Å². The number of rotatable bonds is 6. The monoisotopic (exact) mass is 238 g/mol. The molecule has 0 N–H and O–H groups in total. The van der Waals surface area contributed by atoms with E-state index >= 15 is 0 Å². The number of ketones is 1. The number of ether oxygens (including phenoxy) is 1.